The van der Waals surface area contributed by atoms with Gasteiger partial charge in [-0.2, -0.15) is 0 Å². The molecular weight excluding hydrogens is 220 g/mol. The van der Waals surface area contributed by atoms with Crippen molar-refractivity contribution in [2.75, 3.05) is 0 Å². The minimum absolute atomic E-state index is 0.693. The summed E-state index contributed by atoms with van der Waals surface area (Å²) in [5.74, 6) is 0. The highest BCUT2D eigenvalue weighted by Gasteiger charge is 2.20. The predicted molar refractivity (Wildman–Crippen MR) is 78.9 cm³/mol. The van der Waals surface area contributed by atoms with E-state index in [1.165, 1.54) is 64.2 Å². The lowest BCUT2D eigenvalue weighted by Crippen LogP contribution is -2.42. The Morgan fingerprint density at radius 2 is 1.17 bits per heavy atom. The second kappa shape index (κ2) is 7.49. The first-order chi connectivity index (χ1) is 8.74. The van der Waals surface area contributed by atoms with E-state index < -0.39 is 0 Å². The molecule has 0 heterocycles. The molecule has 2 rings (SSSR count). The highest BCUT2D eigenvalue weighted by atomic mass is 15.0. The fourth-order valence-electron chi connectivity index (χ4n) is 3.32. The Balaban J connectivity index is 1.53. The molecule has 0 radical (unpaired) electrons. The molecule has 2 N–H and O–H groups in total. The second-order valence-electron chi connectivity index (χ2n) is 6.68. The molecule has 0 bridgehead atoms. The first-order valence-electron chi connectivity index (χ1n) is 8.26. The van der Waals surface area contributed by atoms with Gasteiger partial charge in [0.1, 0.15) is 0 Å². The molecule has 106 valence electrons. The van der Waals surface area contributed by atoms with E-state index in [1.807, 2.05) is 0 Å². The van der Waals surface area contributed by atoms with Crippen molar-refractivity contribution in [3.8, 4) is 0 Å². The van der Waals surface area contributed by atoms with Crippen molar-refractivity contribution >= 4 is 0 Å². The molecule has 2 saturated carbocycles. The van der Waals surface area contributed by atoms with Gasteiger partial charge in [-0.25, -0.2) is 0 Å². The summed E-state index contributed by atoms with van der Waals surface area (Å²) in [4.78, 5) is 0. The highest BCUT2D eigenvalue weighted by Crippen LogP contribution is 2.20. The van der Waals surface area contributed by atoms with Crippen LogP contribution >= 0.6 is 0 Å². The summed E-state index contributed by atoms with van der Waals surface area (Å²) in [7, 11) is 0. The number of nitrogens with one attached hydrogen (secondary N) is 2. The Labute approximate surface area is 113 Å². The predicted octanol–water partition coefficient (Wildman–Crippen LogP) is 3.61. The minimum atomic E-state index is 0.693. The van der Waals surface area contributed by atoms with Crippen molar-refractivity contribution in [2.45, 2.75) is 102 Å². The van der Waals surface area contributed by atoms with Crippen molar-refractivity contribution < 1.29 is 0 Å². The summed E-state index contributed by atoms with van der Waals surface area (Å²) in [5, 5.41) is 7.58. The van der Waals surface area contributed by atoms with Gasteiger partial charge in [-0.15, -0.1) is 0 Å². The van der Waals surface area contributed by atoms with Crippen LogP contribution in [0.2, 0.25) is 0 Å². The SMILES string of the molecule is CC(CCC(C)NC1CCC1)NC1CCCCC1. The van der Waals surface area contributed by atoms with Crippen molar-refractivity contribution in [2.24, 2.45) is 0 Å². The molecule has 0 spiro atoms. The van der Waals surface area contributed by atoms with Crippen molar-refractivity contribution in [1.82, 2.24) is 10.6 Å². The van der Waals surface area contributed by atoms with Crippen LogP contribution < -0.4 is 10.6 Å². The van der Waals surface area contributed by atoms with E-state index in [9.17, 15) is 0 Å². The lowest BCUT2D eigenvalue weighted by Gasteiger charge is -2.31. The van der Waals surface area contributed by atoms with Crippen LogP contribution in [0.1, 0.15) is 78.1 Å². The third-order valence-electron chi connectivity index (χ3n) is 4.78. The van der Waals surface area contributed by atoms with Crippen LogP contribution in [-0.4, -0.2) is 24.2 Å². The molecule has 0 saturated heterocycles. The molecule has 0 aromatic heterocycles. The smallest absolute Gasteiger partial charge is 0.00695 e. The maximum atomic E-state index is 3.83. The molecule has 2 fully saturated rings. The summed E-state index contributed by atoms with van der Waals surface area (Å²) in [6.45, 7) is 4.72. The van der Waals surface area contributed by atoms with Gasteiger partial charge < -0.3 is 10.6 Å². The maximum absolute atomic E-state index is 3.83. The quantitative estimate of drug-likeness (QED) is 0.723. The Bertz CT molecular complexity index is 219. The first-order valence-corrected chi connectivity index (χ1v) is 8.26. The molecule has 2 nitrogen and oxygen atoms in total. The second-order valence-corrected chi connectivity index (χ2v) is 6.68. The van der Waals surface area contributed by atoms with Crippen molar-refractivity contribution in [1.29, 1.82) is 0 Å². The van der Waals surface area contributed by atoms with Gasteiger partial charge in [0.25, 0.3) is 0 Å². The number of hydrogen-bond donors (Lipinski definition) is 2. The van der Waals surface area contributed by atoms with Gasteiger partial charge in [0.15, 0.2) is 0 Å². The molecule has 2 aliphatic carbocycles. The summed E-state index contributed by atoms with van der Waals surface area (Å²) < 4.78 is 0. The standard InChI is InChI=1S/C16H32N2/c1-13(17-15-7-4-3-5-8-15)11-12-14(2)18-16-9-6-10-16/h13-18H,3-12H2,1-2H3. The lowest BCUT2D eigenvalue weighted by atomic mass is 9.92. The first kappa shape index (κ1) is 14.3. The molecule has 0 aromatic carbocycles. The van der Waals surface area contributed by atoms with E-state index in [0.717, 1.165) is 12.1 Å². The van der Waals surface area contributed by atoms with Gasteiger partial charge in [-0.1, -0.05) is 25.7 Å². The van der Waals surface area contributed by atoms with Gasteiger partial charge in [0, 0.05) is 24.2 Å². The Hall–Kier alpha value is -0.0800. The van der Waals surface area contributed by atoms with Crippen LogP contribution in [0.3, 0.4) is 0 Å². The molecule has 18 heavy (non-hydrogen) atoms. The highest BCUT2D eigenvalue weighted by molar-refractivity contribution is 4.80. The fourth-order valence-corrected chi connectivity index (χ4v) is 3.32. The van der Waals surface area contributed by atoms with E-state index in [-0.39, 0.29) is 0 Å². The van der Waals surface area contributed by atoms with Gasteiger partial charge in [0.2, 0.25) is 0 Å². The molecule has 0 aromatic rings. The molecule has 2 aliphatic rings. The molecule has 2 unspecified atom stereocenters. The Kier molecular flexibility index (Phi) is 5.97. The summed E-state index contributed by atoms with van der Waals surface area (Å²) in [5.41, 5.74) is 0. The zero-order valence-electron chi connectivity index (χ0n) is 12.4. The third-order valence-corrected chi connectivity index (χ3v) is 4.78. The average molecular weight is 252 g/mol. The fraction of sp³-hybridized carbons (Fsp3) is 1.00. The molecule has 0 aliphatic heterocycles. The number of hydrogen-bond acceptors (Lipinski definition) is 2. The van der Waals surface area contributed by atoms with Crippen LogP contribution in [0, 0.1) is 0 Å². The largest absolute Gasteiger partial charge is 0.312 e. The minimum Gasteiger partial charge on any atom is -0.312 e. The lowest BCUT2D eigenvalue weighted by molar-refractivity contribution is 0.288. The molecule has 2 atom stereocenters. The number of rotatable bonds is 7. The van der Waals surface area contributed by atoms with E-state index in [0.29, 0.717) is 12.1 Å². The van der Waals surface area contributed by atoms with E-state index in [1.54, 1.807) is 0 Å². The Morgan fingerprint density at radius 1 is 0.722 bits per heavy atom. The van der Waals surface area contributed by atoms with Crippen LogP contribution in [0.25, 0.3) is 0 Å². The van der Waals surface area contributed by atoms with Gasteiger partial charge in [-0.3, -0.25) is 0 Å². The molecule has 2 heteroatoms. The van der Waals surface area contributed by atoms with Crippen LogP contribution in [0.15, 0.2) is 0 Å². The van der Waals surface area contributed by atoms with E-state index >= 15 is 0 Å². The van der Waals surface area contributed by atoms with E-state index in [2.05, 4.69) is 24.5 Å². The summed E-state index contributed by atoms with van der Waals surface area (Å²) >= 11 is 0. The maximum Gasteiger partial charge on any atom is 0.00695 e. The normalized spacial score (nSPS) is 25.7. The summed E-state index contributed by atoms with van der Waals surface area (Å²) in [6.07, 6.45) is 14.0. The summed E-state index contributed by atoms with van der Waals surface area (Å²) in [6, 6.07) is 3.04. The molecular formula is C16H32N2. The van der Waals surface area contributed by atoms with Crippen LogP contribution in [0.5, 0.6) is 0 Å². The van der Waals surface area contributed by atoms with Gasteiger partial charge in [0.05, 0.1) is 0 Å². The van der Waals surface area contributed by atoms with Crippen molar-refractivity contribution in [3.05, 3.63) is 0 Å². The monoisotopic (exact) mass is 252 g/mol. The molecule has 0 amide bonds. The third kappa shape index (κ3) is 4.89. The average Bonchev–Trinajstić information content (AvgIpc) is 2.33. The van der Waals surface area contributed by atoms with Gasteiger partial charge >= 0.3 is 0 Å². The van der Waals surface area contributed by atoms with E-state index in [4.69, 9.17) is 0 Å². The van der Waals surface area contributed by atoms with Crippen molar-refractivity contribution in [3.63, 3.8) is 0 Å². The zero-order valence-corrected chi connectivity index (χ0v) is 12.4. The zero-order chi connectivity index (χ0) is 12.8. The van der Waals surface area contributed by atoms with Crippen LogP contribution in [-0.2, 0) is 0 Å². The Morgan fingerprint density at radius 3 is 1.56 bits per heavy atom. The topological polar surface area (TPSA) is 24.1 Å². The van der Waals surface area contributed by atoms with Gasteiger partial charge in [-0.05, 0) is 52.4 Å². The van der Waals surface area contributed by atoms with Crippen LogP contribution in [0.4, 0.5) is 0 Å².